The van der Waals surface area contributed by atoms with Gasteiger partial charge in [-0.25, -0.2) is 4.79 Å². The molecule has 1 saturated carbocycles. The van der Waals surface area contributed by atoms with Crippen molar-refractivity contribution in [2.75, 3.05) is 6.61 Å². The maximum Gasteiger partial charge on any atom is 0.407 e. The zero-order chi connectivity index (χ0) is 24.2. The number of hydrogen-bond donors (Lipinski definition) is 2. The predicted molar refractivity (Wildman–Crippen MR) is 130 cm³/mol. The molecule has 178 valence electrons. The number of halogens is 1. The van der Waals surface area contributed by atoms with Crippen LogP contribution in [-0.2, 0) is 14.3 Å². The van der Waals surface area contributed by atoms with Crippen LogP contribution in [0.1, 0.15) is 52.7 Å². The van der Waals surface area contributed by atoms with Gasteiger partial charge < -0.3 is 20.1 Å². The molecule has 0 spiro atoms. The van der Waals surface area contributed by atoms with Crippen molar-refractivity contribution < 1.29 is 19.1 Å². The van der Waals surface area contributed by atoms with Crippen molar-refractivity contribution in [2.45, 2.75) is 64.6 Å². The first-order valence-electron chi connectivity index (χ1n) is 11.0. The average Bonchev–Trinajstić information content (AvgIpc) is 2.73. The maximum absolute atomic E-state index is 12.5. The number of esters is 1. The second-order valence-electron chi connectivity index (χ2n) is 9.03. The summed E-state index contributed by atoms with van der Waals surface area (Å²) in [6.45, 7) is 7.48. The molecule has 33 heavy (non-hydrogen) atoms. The van der Waals surface area contributed by atoms with Gasteiger partial charge in [-0.1, -0.05) is 29.9 Å². The van der Waals surface area contributed by atoms with Crippen LogP contribution in [0.3, 0.4) is 0 Å². The summed E-state index contributed by atoms with van der Waals surface area (Å²) in [5.41, 5.74) is 0.554. The normalized spacial score (nSPS) is 20.7. The SMILES string of the molecule is CCOC(=O)[C@H]1CC[C@H](NC(=S)c2cc3ccc(Cl)cc3nn2)[C@H](NC(=O)OC(C)(C)C)C1. The summed E-state index contributed by atoms with van der Waals surface area (Å²) in [7, 11) is 0. The number of hydrogen-bond acceptors (Lipinski definition) is 7. The summed E-state index contributed by atoms with van der Waals surface area (Å²) in [6, 6.07) is 6.63. The molecule has 0 radical (unpaired) electrons. The van der Waals surface area contributed by atoms with E-state index in [1.54, 1.807) is 39.8 Å². The summed E-state index contributed by atoms with van der Waals surface area (Å²) in [5.74, 6) is -0.560. The molecule has 1 fully saturated rings. The second kappa shape index (κ2) is 10.6. The fraction of sp³-hybridized carbons (Fsp3) is 0.522. The molecular weight excluding hydrogens is 464 g/mol. The molecule has 3 atom stereocenters. The van der Waals surface area contributed by atoms with Gasteiger partial charge in [-0.05, 0) is 65.2 Å². The van der Waals surface area contributed by atoms with E-state index in [0.29, 0.717) is 47.1 Å². The highest BCUT2D eigenvalue weighted by atomic mass is 35.5. The van der Waals surface area contributed by atoms with Gasteiger partial charge >= 0.3 is 12.1 Å². The van der Waals surface area contributed by atoms with Gasteiger partial charge in [-0.2, -0.15) is 0 Å². The van der Waals surface area contributed by atoms with Gasteiger partial charge in [-0.15, -0.1) is 10.2 Å². The van der Waals surface area contributed by atoms with Gasteiger partial charge in [0.05, 0.1) is 24.1 Å². The van der Waals surface area contributed by atoms with Crippen molar-refractivity contribution in [1.29, 1.82) is 0 Å². The Hall–Kier alpha value is -2.52. The Bertz CT molecular complexity index is 1040. The monoisotopic (exact) mass is 492 g/mol. The summed E-state index contributed by atoms with van der Waals surface area (Å²) in [6.07, 6.45) is 1.10. The van der Waals surface area contributed by atoms with Crippen LogP contribution in [0.25, 0.3) is 10.9 Å². The van der Waals surface area contributed by atoms with E-state index >= 15 is 0 Å². The van der Waals surface area contributed by atoms with Crippen molar-refractivity contribution in [3.8, 4) is 0 Å². The van der Waals surface area contributed by atoms with Gasteiger partial charge in [0.25, 0.3) is 0 Å². The molecule has 1 heterocycles. The first-order chi connectivity index (χ1) is 15.6. The van der Waals surface area contributed by atoms with E-state index in [2.05, 4.69) is 20.8 Å². The third kappa shape index (κ3) is 6.98. The standard InChI is InChI=1S/C23H29ClN4O4S/c1-5-31-21(29)14-7-9-16(18(11-14)26-22(30)32-23(2,3)4)25-20(33)19-10-13-6-8-15(24)12-17(13)27-28-19/h6,8,10,12,14,16,18H,5,7,9,11H2,1-4H3,(H,25,33)(H,26,30)/t14-,16-,18+/m0/s1. The number of benzene rings is 1. The van der Waals surface area contributed by atoms with E-state index < -0.39 is 11.7 Å². The van der Waals surface area contributed by atoms with E-state index in [0.717, 1.165) is 5.39 Å². The lowest BCUT2D eigenvalue weighted by Gasteiger charge is -2.36. The number of fused-ring (bicyclic) bond motifs is 1. The molecule has 0 bridgehead atoms. The minimum Gasteiger partial charge on any atom is -0.466 e. The number of thiocarbonyl (C=S) groups is 1. The van der Waals surface area contributed by atoms with Gasteiger partial charge in [0.1, 0.15) is 16.3 Å². The number of rotatable bonds is 5. The number of carbonyl (C=O) groups is 2. The number of alkyl carbamates (subject to hydrolysis) is 1. The Balaban J connectivity index is 1.75. The number of nitrogens with zero attached hydrogens (tertiary/aromatic N) is 2. The van der Waals surface area contributed by atoms with Crippen molar-refractivity contribution >= 4 is 51.8 Å². The topological polar surface area (TPSA) is 102 Å². The van der Waals surface area contributed by atoms with Gasteiger partial charge in [0, 0.05) is 16.5 Å². The molecule has 1 aromatic heterocycles. The van der Waals surface area contributed by atoms with Crippen LogP contribution in [0.15, 0.2) is 24.3 Å². The van der Waals surface area contributed by atoms with E-state index in [1.807, 2.05) is 12.1 Å². The summed E-state index contributed by atoms with van der Waals surface area (Å²) < 4.78 is 10.6. The van der Waals surface area contributed by atoms with Crippen LogP contribution in [0.2, 0.25) is 5.02 Å². The summed E-state index contributed by atoms with van der Waals surface area (Å²) in [4.78, 5) is 25.2. The molecule has 3 rings (SSSR count). The molecule has 1 amide bonds. The highest BCUT2D eigenvalue weighted by Gasteiger charge is 2.37. The van der Waals surface area contributed by atoms with Gasteiger partial charge in [0.15, 0.2) is 0 Å². The fourth-order valence-corrected chi connectivity index (χ4v) is 4.22. The third-order valence-corrected chi connectivity index (χ3v) is 5.83. The average molecular weight is 493 g/mol. The molecule has 0 saturated heterocycles. The number of aromatic nitrogens is 2. The highest BCUT2D eigenvalue weighted by molar-refractivity contribution is 7.80. The van der Waals surface area contributed by atoms with Crippen molar-refractivity contribution in [1.82, 2.24) is 20.8 Å². The minimum atomic E-state index is -0.638. The summed E-state index contributed by atoms with van der Waals surface area (Å²) in [5, 5.41) is 16.1. The van der Waals surface area contributed by atoms with Crippen LogP contribution >= 0.6 is 23.8 Å². The Kier molecular flexibility index (Phi) is 8.07. The summed E-state index contributed by atoms with van der Waals surface area (Å²) >= 11 is 11.6. The molecule has 1 aromatic carbocycles. The number of ether oxygens (including phenoxy) is 2. The Morgan fingerprint density at radius 2 is 1.91 bits per heavy atom. The lowest BCUT2D eigenvalue weighted by Crippen LogP contribution is -2.56. The van der Waals surface area contributed by atoms with Crippen LogP contribution in [0.5, 0.6) is 0 Å². The zero-order valence-electron chi connectivity index (χ0n) is 19.2. The van der Waals surface area contributed by atoms with Crippen molar-refractivity contribution in [3.05, 3.63) is 35.0 Å². The third-order valence-electron chi connectivity index (χ3n) is 5.27. The molecule has 0 unspecified atom stereocenters. The van der Waals surface area contributed by atoms with E-state index in [4.69, 9.17) is 33.3 Å². The molecule has 1 aliphatic carbocycles. The predicted octanol–water partition coefficient (Wildman–Crippen LogP) is 4.17. The number of nitrogens with one attached hydrogen (secondary N) is 2. The minimum absolute atomic E-state index is 0.210. The first kappa shape index (κ1) is 25.1. The van der Waals surface area contributed by atoms with Crippen LogP contribution in [0.4, 0.5) is 4.79 Å². The van der Waals surface area contributed by atoms with Crippen LogP contribution < -0.4 is 10.6 Å². The Morgan fingerprint density at radius 3 is 2.61 bits per heavy atom. The lowest BCUT2D eigenvalue weighted by molar-refractivity contribution is -0.149. The highest BCUT2D eigenvalue weighted by Crippen LogP contribution is 2.27. The number of carbonyl (C=O) groups excluding carboxylic acids is 2. The van der Waals surface area contributed by atoms with Crippen LogP contribution in [0, 0.1) is 5.92 Å². The smallest absolute Gasteiger partial charge is 0.407 e. The molecule has 2 N–H and O–H groups in total. The molecule has 1 aliphatic rings. The molecule has 0 aliphatic heterocycles. The Morgan fingerprint density at radius 1 is 1.15 bits per heavy atom. The van der Waals surface area contributed by atoms with Gasteiger partial charge in [-0.3, -0.25) is 4.79 Å². The van der Waals surface area contributed by atoms with Gasteiger partial charge in [0.2, 0.25) is 0 Å². The lowest BCUT2D eigenvalue weighted by atomic mass is 9.82. The maximum atomic E-state index is 12.5. The molecular formula is C23H29ClN4O4S. The zero-order valence-corrected chi connectivity index (χ0v) is 20.8. The Labute approximate surface area is 203 Å². The fourth-order valence-electron chi connectivity index (χ4n) is 3.80. The van der Waals surface area contributed by atoms with E-state index in [9.17, 15) is 9.59 Å². The number of amides is 1. The first-order valence-corrected chi connectivity index (χ1v) is 11.7. The van der Waals surface area contributed by atoms with Crippen molar-refractivity contribution in [3.63, 3.8) is 0 Å². The molecule has 8 nitrogen and oxygen atoms in total. The quantitative estimate of drug-likeness (QED) is 0.473. The molecule has 2 aromatic rings. The van der Waals surface area contributed by atoms with Crippen LogP contribution in [-0.4, -0.2) is 51.5 Å². The van der Waals surface area contributed by atoms with E-state index in [1.165, 1.54) is 0 Å². The second-order valence-corrected chi connectivity index (χ2v) is 9.87. The van der Waals surface area contributed by atoms with E-state index in [-0.39, 0.29) is 24.0 Å². The molecule has 10 heteroatoms. The van der Waals surface area contributed by atoms with Crippen molar-refractivity contribution in [2.24, 2.45) is 5.92 Å². The largest absolute Gasteiger partial charge is 0.466 e.